The van der Waals surface area contributed by atoms with Crippen LogP contribution in [0.25, 0.3) is 0 Å². The first-order chi connectivity index (χ1) is 17.9. The molecule has 37 heavy (non-hydrogen) atoms. The van der Waals surface area contributed by atoms with Gasteiger partial charge in [0.1, 0.15) is 0 Å². The van der Waals surface area contributed by atoms with Crippen LogP contribution in [-0.4, -0.2) is 35.2 Å². The number of nitrogens with zero attached hydrogens (tertiary/aromatic N) is 1. The molecule has 202 valence electrons. The third kappa shape index (κ3) is 3.64. The normalized spacial score (nSPS) is 46.1. The molecular weight excluding hydrogens is 458 g/mol. The molecular formula is C33H47NO3. The molecule has 0 bridgehead atoms. The number of ether oxygens (including phenoxy) is 1. The molecule has 0 saturated heterocycles. The predicted octanol–water partition coefficient (Wildman–Crippen LogP) is 6.34. The molecule has 1 spiro atoms. The predicted molar refractivity (Wildman–Crippen MR) is 144 cm³/mol. The molecule has 0 radical (unpaired) electrons. The van der Waals surface area contributed by atoms with Crippen molar-refractivity contribution in [3.05, 3.63) is 35.4 Å². The van der Waals surface area contributed by atoms with Crippen molar-refractivity contribution >= 4 is 5.91 Å². The van der Waals surface area contributed by atoms with Crippen LogP contribution < -0.4 is 0 Å². The van der Waals surface area contributed by atoms with Gasteiger partial charge in [-0.05, 0) is 123 Å². The van der Waals surface area contributed by atoms with Gasteiger partial charge in [-0.25, -0.2) is 0 Å². The number of aliphatic hydroxyl groups excluding tert-OH is 1. The maximum Gasteiger partial charge on any atom is 0.223 e. The van der Waals surface area contributed by atoms with Crippen molar-refractivity contribution in [1.82, 2.24) is 4.90 Å². The molecule has 4 heteroatoms. The zero-order valence-corrected chi connectivity index (χ0v) is 23.0. The van der Waals surface area contributed by atoms with E-state index in [2.05, 4.69) is 36.1 Å². The Labute approximate surface area is 223 Å². The highest BCUT2D eigenvalue weighted by atomic mass is 16.5. The molecule has 10 atom stereocenters. The van der Waals surface area contributed by atoms with E-state index in [0.717, 1.165) is 56.0 Å². The van der Waals surface area contributed by atoms with E-state index in [1.54, 1.807) is 0 Å². The number of methoxy groups -OCH3 is 1. The van der Waals surface area contributed by atoms with E-state index >= 15 is 0 Å². The van der Waals surface area contributed by atoms with E-state index in [9.17, 15) is 9.90 Å². The minimum atomic E-state index is -0.0772. The lowest BCUT2D eigenvalue weighted by Gasteiger charge is -2.62. The fourth-order valence-electron chi connectivity index (χ4n) is 11.5. The monoisotopic (exact) mass is 505 g/mol. The molecule has 1 aromatic rings. The lowest BCUT2D eigenvalue weighted by Crippen LogP contribution is -2.59. The third-order valence-corrected chi connectivity index (χ3v) is 13.2. The molecule has 5 aliphatic carbocycles. The van der Waals surface area contributed by atoms with Gasteiger partial charge in [0.2, 0.25) is 5.91 Å². The third-order valence-electron chi connectivity index (χ3n) is 13.2. The second-order valence-corrected chi connectivity index (χ2v) is 14.2. The molecule has 7 rings (SSSR count). The summed E-state index contributed by atoms with van der Waals surface area (Å²) in [7, 11) is 1.99. The van der Waals surface area contributed by atoms with Gasteiger partial charge in [0, 0.05) is 32.0 Å². The van der Waals surface area contributed by atoms with Crippen LogP contribution in [0, 0.1) is 46.3 Å². The molecule has 1 amide bonds. The summed E-state index contributed by atoms with van der Waals surface area (Å²) in [6.07, 6.45) is 14.5. The van der Waals surface area contributed by atoms with Gasteiger partial charge in [0.25, 0.3) is 0 Å². The van der Waals surface area contributed by atoms with Crippen molar-refractivity contribution in [3.8, 4) is 0 Å². The Kier molecular flexibility index (Phi) is 6.05. The average Bonchev–Trinajstić information content (AvgIpc) is 3.60. The molecule has 1 aliphatic heterocycles. The molecule has 5 fully saturated rings. The molecule has 4 nitrogen and oxygen atoms in total. The lowest BCUT2D eigenvalue weighted by atomic mass is 9.44. The van der Waals surface area contributed by atoms with Gasteiger partial charge in [0.15, 0.2) is 0 Å². The van der Waals surface area contributed by atoms with E-state index in [4.69, 9.17) is 4.74 Å². The topological polar surface area (TPSA) is 49.8 Å². The Bertz CT molecular complexity index is 1020. The Morgan fingerprint density at radius 3 is 2.49 bits per heavy atom. The van der Waals surface area contributed by atoms with Crippen LogP contribution in [0.4, 0.5) is 0 Å². The minimum Gasteiger partial charge on any atom is -0.393 e. The second kappa shape index (κ2) is 9.08. The fraction of sp³-hybridized carbons (Fsp3) is 0.788. The van der Waals surface area contributed by atoms with Crippen molar-refractivity contribution in [3.63, 3.8) is 0 Å². The highest BCUT2D eigenvalue weighted by molar-refractivity contribution is 5.77. The SMILES string of the molecule is CO[C@H]1C[C@H]2[C@@H](CC[C@@H]3C[C@H](O)CC[C@@]32C)[C@@H]2CC[C@@H]3[C@@H](CCC(=O)N4Cc5ccccc5C4)CC[C@@]132. The summed E-state index contributed by atoms with van der Waals surface area (Å²) < 4.78 is 6.47. The van der Waals surface area contributed by atoms with E-state index in [1.807, 2.05) is 7.11 Å². The Morgan fingerprint density at radius 2 is 1.73 bits per heavy atom. The number of carbonyl (C=O) groups is 1. The van der Waals surface area contributed by atoms with Crippen molar-refractivity contribution in [1.29, 1.82) is 0 Å². The van der Waals surface area contributed by atoms with Crippen molar-refractivity contribution in [2.24, 2.45) is 46.3 Å². The van der Waals surface area contributed by atoms with E-state index in [0.29, 0.717) is 41.1 Å². The fourth-order valence-corrected chi connectivity index (χ4v) is 11.5. The summed E-state index contributed by atoms with van der Waals surface area (Å²) in [5.41, 5.74) is 3.39. The minimum absolute atomic E-state index is 0.0772. The van der Waals surface area contributed by atoms with Gasteiger partial charge in [-0.3, -0.25) is 4.79 Å². The first-order valence-electron chi connectivity index (χ1n) is 15.5. The van der Waals surface area contributed by atoms with Crippen LogP contribution in [-0.2, 0) is 22.6 Å². The summed E-state index contributed by atoms with van der Waals surface area (Å²) in [5.74, 6) is 4.88. The number of carbonyl (C=O) groups excluding carboxylic acids is 1. The number of benzene rings is 1. The van der Waals surface area contributed by atoms with Crippen LogP contribution in [0.2, 0.25) is 0 Å². The molecule has 5 saturated carbocycles. The van der Waals surface area contributed by atoms with Gasteiger partial charge < -0.3 is 14.7 Å². The van der Waals surface area contributed by atoms with Gasteiger partial charge in [-0.15, -0.1) is 0 Å². The molecule has 6 aliphatic rings. The van der Waals surface area contributed by atoms with E-state index in [-0.39, 0.29) is 6.10 Å². The van der Waals surface area contributed by atoms with Crippen LogP contribution in [0.15, 0.2) is 24.3 Å². The second-order valence-electron chi connectivity index (χ2n) is 14.2. The van der Waals surface area contributed by atoms with Crippen molar-refractivity contribution in [2.75, 3.05) is 7.11 Å². The largest absolute Gasteiger partial charge is 0.393 e. The maximum absolute atomic E-state index is 13.2. The standard InChI is InChI=1S/C33H47NO3/c1-32-15-14-25(35)17-24(32)8-9-26-28-11-10-27-21(13-16-33(27,28)30(37-2)18-29(26)32)7-12-31(36)34-19-22-5-3-4-6-23(22)20-34/h3-6,21,24-30,35H,7-20H2,1-2H3/t21-,24+,25+,26-,27+,28-,29-,30-,32-,33+/m0/s1. The van der Waals surface area contributed by atoms with Crippen molar-refractivity contribution in [2.45, 2.75) is 109 Å². The van der Waals surface area contributed by atoms with Crippen LogP contribution in [0.1, 0.15) is 95.1 Å². The number of amides is 1. The molecule has 1 N–H and O–H groups in total. The van der Waals surface area contributed by atoms with Crippen LogP contribution >= 0.6 is 0 Å². The summed E-state index contributed by atoms with van der Waals surface area (Å²) in [6.45, 7) is 4.17. The summed E-state index contributed by atoms with van der Waals surface area (Å²) >= 11 is 0. The summed E-state index contributed by atoms with van der Waals surface area (Å²) in [5, 5.41) is 10.4. The number of rotatable bonds is 4. The summed E-state index contributed by atoms with van der Waals surface area (Å²) in [4.78, 5) is 15.3. The summed E-state index contributed by atoms with van der Waals surface area (Å²) in [6, 6.07) is 8.53. The van der Waals surface area contributed by atoms with Crippen LogP contribution in [0.3, 0.4) is 0 Å². The molecule has 0 aromatic heterocycles. The zero-order valence-electron chi connectivity index (χ0n) is 23.0. The van der Waals surface area contributed by atoms with E-state index < -0.39 is 0 Å². The number of hydrogen-bond acceptors (Lipinski definition) is 3. The maximum atomic E-state index is 13.2. The van der Waals surface area contributed by atoms with Crippen LogP contribution in [0.5, 0.6) is 0 Å². The zero-order chi connectivity index (χ0) is 25.4. The van der Waals surface area contributed by atoms with Gasteiger partial charge >= 0.3 is 0 Å². The number of hydrogen-bond donors (Lipinski definition) is 1. The molecule has 1 aromatic carbocycles. The van der Waals surface area contributed by atoms with Crippen molar-refractivity contribution < 1.29 is 14.6 Å². The Morgan fingerprint density at radius 1 is 0.973 bits per heavy atom. The molecule has 1 heterocycles. The Hall–Kier alpha value is -1.39. The first-order valence-corrected chi connectivity index (χ1v) is 15.5. The Balaban J connectivity index is 1.06. The average molecular weight is 506 g/mol. The first kappa shape index (κ1) is 24.6. The number of fused-ring (bicyclic) bond motifs is 5. The van der Waals surface area contributed by atoms with E-state index in [1.165, 1.54) is 62.5 Å². The quantitative estimate of drug-likeness (QED) is 0.519. The lowest BCUT2D eigenvalue weighted by molar-refractivity contribution is -0.181. The van der Waals surface area contributed by atoms with Gasteiger partial charge in [0.05, 0.1) is 12.2 Å². The van der Waals surface area contributed by atoms with Gasteiger partial charge in [-0.1, -0.05) is 31.2 Å². The highest BCUT2D eigenvalue weighted by Crippen LogP contribution is 2.72. The smallest absolute Gasteiger partial charge is 0.223 e. The number of aliphatic hydroxyl groups is 1. The highest BCUT2D eigenvalue weighted by Gasteiger charge is 2.67. The van der Waals surface area contributed by atoms with Gasteiger partial charge in [-0.2, -0.15) is 0 Å². The molecule has 0 unspecified atom stereocenters.